The Balaban J connectivity index is 1.88. The maximum Gasteiger partial charge on any atom is 0.336 e. The van der Waals surface area contributed by atoms with Crippen LogP contribution >= 0.6 is 11.8 Å². The zero-order valence-corrected chi connectivity index (χ0v) is 22.1. The van der Waals surface area contributed by atoms with Crippen LogP contribution < -0.4 is 27.4 Å². The Morgan fingerprint density at radius 3 is 2.45 bits per heavy atom. The number of hydrogen-bond donors (Lipinski definition) is 2. The minimum Gasteiger partial charge on any atom is -0.338 e. The zero-order valence-electron chi connectivity index (χ0n) is 21.3. The molecule has 0 atom stereocenters. The number of hydrogen-bond acceptors (Lipinski definition) is 6. The predicted octanol–water partition coefficient (Wildman–Crippen LogP) is 4.06. The molecule has 38 heavy (non-hydrogen) atoms. The number of thioether (sulfide) groups is 1. The molecule has 0 bridgehead atoms. The van der Waals surface area contributed by atoms with Gasteiger partial charge in [0.25, 0.3) is 11.1 Å². The number of pyridine rings is 1. The molecule has 196 valence electrons. The van der Waals surface area contributed by atoms with Gasteiger partial charge in [0.15, 0.2) is 0 Å². The Hall–Kier alpha value is -4.12. The van der Waals surface area contributed by atoms with Crippen LogP contribution in [0.25, 0.3) is 16.6 Å². The van der Waals surface area contributed by atoms with Gasteiger partial charge in [-0.15, -0.1) is 11.8 Å². The predicted molar refractivity (Wildman–Crippen MR) is 148 cm³/mol. The fraction of sp³-hybridized carbons (Fsp3) is 0.259. The van der Waals surface area contributed by atoms with Gasteiger partial charge in [0, 0.05) is 36.2 Å². The van der Waals surface area contributed by atoms with E-state index in [1.807, 2.05) is 6.26 Å². The number of halogens is 1. The van der Waals surface area contributed by atoms with Crippen molar-refractivity contribution in [3.63, 3.8) is 0 Å². The Labute approximate surface area is 220 Å². The molecule has 5 rings (SSSR count). The maximum atomic E-state index is 15.0. The lowest BCUT2D eigenvalue weighted by Gasteiger charge is -2.21. The molecule has 2 aromatic heterocycles. The van der Waals surface area contributed by atoms with E-state index in [9.17, 15) is 23.6 Å². The first-order valence-corrected chi connectivity index (χ1v) is 13.2. The van der Waals surface area contributed by atoms with Gasteiger partial charge in [0.05, 0.1) is 16.9 Å². The van der Waals surface area contributed by atoms with Gasteiger partial charge >= 0.3 is 5.69 Å². The molecule has 0 aliphatic heterocycles. The summed E-state index contributed by atoms with van der Waals surface area (Å²) in [6.07, 6.45) is 3.18. The number of rotatable bonds is 6. The quantitative estimate of drug-likeness (QED) is 0.361. The molecule has 1 aliphatic carbocycles. The lowest BCUT2D eigenvalue weighted by Crippen LogP contribution is -2.41. The number of nitrogens with one attached hydrogen (secondary N) is 2. The molecule has 1 aliphatic rings. The van der Waals surface area contributed by atoms with Crippen molar-refractivity contribution in [2.24, 2.45) is 7.05 Å². The highest BCUT2D eigenvalue weighted by Crippen LogP contribution is 2.34. The number of aromatic nitrogens is 3. The molecule has 2 heterocycles. The maximum absolute atomic E-state index is 15.0. The first kappa shape index (κ1) is 25.5. The van der Waals surface area contributed by atoms with Crippen LogP contribution in [0, 0.1) is 12.7 Å². The van der Waals surface area contributed by atoms with E-state index in [1.54, 1.807) is 43.3 Å². The van der Waals surface area contributed by atoms with Crippen LogP contribution in [0.2, 0.25) is 0 Å². The fourth-order valence-electron chi connectivity index (χ4n) is 4.63. The van der Waals surface area contributed by atoms with E-state index in [1.165, 1.54) is 45.5 Å². The second-order valence-corrected chi connectivity index (χ2v) is 10.2. The van der Waals surface area contributed by atoms with E-state index in [-0.39, 0.29) is 39.9 Å². The number of benzene rings is 2. The summed E-state index contributed by atoms with van der Waals surface area (Å²) in [5.74, 6) is -0.747. The van der Waals surface area contributed by atoms with Crippen molar-refractivity contribution in [1.82, 2.24) is 13.7 Å². The topological polar surface area (TPSA) is 107 Å². The first-order chi connectivity index (χ1) is 18.1. The number of anilines is 3. The lowest BCUT2D eigenvalue weighted by atomic mass is 10.1. The molecule has 2 aromatic carbocycles. The third-order valence-electron chi connectivity index (χ3n) is 6.61. The molecule has 1 amide bonds. The van der Waals surface area contributed by atoms with Gasteiger partial charge < -0.3 is 10.6 Å². The van der Waals surface area contributed by atoms with Gasteiger partial charge in [0.2, 0.25) is 5.91 Å². The summed E-state index contributed by atoms with van der Waals surface area (Å²) in [7, 11) is 1.50. The lowest BCUT2D eigenvalue weighted by molar-refractivity contribution is -0.114. The molecule has 11 heteroatoms. The summed E-state index contributed by atoms with van der Waals surface area (Å²) in [5, 5.41) is 5.74. The largest absolute Gasteiger partial charge is 0.338 e. The summed E-state index contributed by atoms with van der Waals surface area (Å²) in [6.45, 7) is 2.93. The van der Waals surface area contributed by atoms with Crippen LogP contribution in [0.3, 0.4) is 0 Å². The second-order valence-electron chi connectivity index (χ2n) is 9.29. The third kappa shape index (κ3) is 4.32. The van der Waals surface area contributed by atoms with Gasteiger partial charge in [-0.2, -0.15) is 0 Å². The van der Waals surface area contributed by atoms with E-state index in [4.69, 9.17) is 0 Å². The van der Waals surface area contributed by atoms with E-state index in [0.717, 1.165) is 4.90 Å². The highest BCUT2D eigenvalue weighted by Gasteiger charge is 2.31. The van der Waals surface area contributed by atoms with Crippen molar-refractivity contribution in [2.45, 2.75) is 37.6 Å². The summed E-state index contributed by atoms with van der Waals surface area (Å²) in [4.78, 5) is 53.4. The van der Waals surface area contributed by atoms with E-state index in [2.05, 4.69) is 10.6 Å². The summed E-state index contributed by atoms with van der Waals surface area (Å²) >= 11 is 1.39. The smallest absolute Gasteiger partial charge is 0.336 e. The average molecular weight is 536 g/mol. The number of amides is 1. The van der Waals surface area contributed by atoms with Crippen LogP contribution in [0.5, 0.6) is 0 Å². The van der Waals surface area contributed by atoms with E-state index in [0.29, 0.717) is 24.2 Å². The zero-order chi connectivity index (χ0) is 27.3. The van der Waals surface area contributed by atoms with E-state index >= 15 is 0 Å². The van der Waals surface area contributed by atoms with Gasteiger partial charge in [0.1, 0.15) is 17.0 Å². The van der Waals surface area contributed by atoms with Crippen LogP contribution in [0.15, 0.2) is 61.7 Å². The van der Waals surface area contributed by atoms with Crippen LogP contribution in [0.1, 0.15) is 31.4 Å². The normalized spacial score (nSPS) is 13.1. The molecule has 1 fully saturated rings. The monoisotopic (exact) mass is 535 g/mol. The number of aryl methyl sites for hydroxylation is 1. The highest BCUT2D eigenvalue weighted by molar-refractivity contribution is 7.98. The van der Waals surface area contributed by atoms with Crippen molar-refractivity contribution >= 4 is 45.8 Å². The van der Waals surface area contributed by atoms with Gasteiger partial charge in [-0.3, -0.25) is 28.1 Å². The SMILES string of the molecule is CSc1ccc(Nc2c3c(=O)n(C4CC4)c(=O)n(-c4cccc(NC(C)=O)c4)c3c(C)c(=O)n2C)c(F)c1. The molecule has 4 aromatic rings. The fourth-order valence-corrected chi connectivity index (χ4v) is 5.06. The molecule has 1 saturated carbocycles. The minimum absolute atomic E-state index is 0.0811. The van der Waals surface area contributed by atoms with Gasteiger partial charge in [-0.25, -0.2) is 9.18 Å². The molecule has 2 N–H and O–H groups in total. The van der Waals surface area contributed by atoms with Crippen molar-refractivity contribution in [1.29, 1.82) is 0 Å². The van der Waals surface area contributed by atoms with Crippen molar-refractivity contribution < 1.29 is 9.18 Å². The molecule has 0 saturated heterocycles. The van der Waals surface area contributed by atoms with Gasteiger partial charge in [-0.05, 0) is 62.4 Å². The number of carbonyl (C=O) groups is 1. The third-order valence-corrected chi connectivity index (χ3v) is 7.33. The number of carbonyl (C=O) groups excluding carboxylic acids is 1. The van der Waals surface area contributed by atoms with Gasteiger partial charge in [-0.1, -0.05) is 6.07 Å². The minimum atomic E-state index is -0.581. The van der Waals surface area contributed by atoms with Crippen molar-refractivity contribution in [3.8, 4) is 5.69 Å². The summed E-state index contributed by atoms with van der Waals surface area (Å²) < 4.78 is 18.8. The molecule has 0 unspecified atom stereocenters. The number of fused-ring (bicyclic) bond motifs is 1. The van der Waals surface area contributed by atoms with E-state index < -0.39 is 22.6 Å². The van der Waals surface area contributed by atoms with Crippen molar-refractivity contribution in [2.75, 3.05) is 16.9 Å². The first-order valence-electron chi connectivity index (χ1n) is 12.0. The Morgan fingerprint density at radius 1 is 1.08 bits per heavy atom. The molecule has 9 nitrogen and oxygen atoms in total. The summed E-state index contributed by atoms with van der Waals surface area (Å²) in [5.41, 5.74) is -0.348. The Morgan fingerprint density at radius 2 is 1.82 bits per heavy atom. The molecule has 0 spiro atoms. The molecule has 0 radical (unpaired) electrons. The Kier molecular flexibility index (Phi) is 6.47. The van der Waals surface area contributed by atoms with Crippen LogP contribution in [-0.2, 0) is 11.8 Å². The second kappa shape index (κ2) is 9.64. The summed E-state index contributed by atoms with van der Waals surface area (Å²) in [6, 6.07) is 11.0. The molecular weight excluding hydrogens is 509 g/mol. The standard InChI is InChI=1S/C27H26FN5O4S/c1-14-23-22(24(31(3)25(14)35)30-21-11-10-19(38-4)13-20(21)28)26(36)33(17-8-9-17)27(37)32(23)18-7-5-6-16(12-18)29-15(2)34/h5-7,10-13,17,30H,8-9H2,1-4H3,(H,29,34). The highest BCUT2D eigenvalue weighted by atomic mass is 32.2. The van der Waals surface area contributed by atoms with Crippen molar-refractivity contribution in [3.05, 3.63) is 85.0 Å². The number of nitrogens with zero attached hydrogens (tertiary/aromatic N) is 3. The molecular formula is C27H26FN5O4S. The average Bonchev–Trinajstić information content (AvgIpc) is 3.71. The van der Waals surface area contributed by atoms with Crippen LogP contribution in [0.4, 0.5) is 21.6 Å². The Bertz CT molecular complexity index is 1800. The van der Waals surface area contributed by atoms with Crippen LogP contribution in [-0.4, -0.2) is 25.9 Å².